The third-order valence-electron chi connectivity index (χ3n) is 6.24. The summed E-state index contributed by atoms with van der Waals surface area (Å²) in [6.45, 7) is 6.81. The molecule has 4 rings (SSSR count). The largest absolute Gasteiger partial charge is 0.470 e. The van der Waals surface area contributed by atoms with Gasteiger partial charge in [0.25, 0.3) is 0 Å². The van der Waals surface area contributed by atoms with Gasteiger partial charge in [-0.2, -0.15) is 13.2 Å². The molecule has 1 unspecified atom stereocenters. The lowest BCUT2D eigenvalue weighted by Crippen LogP contribution is -2.47. The van der Waals surface area contributed by atoms with Crippen LogP contribution in [0.1, 0.15) is 45.1 Å². The Kier molecular flexibility index (Phi) is 7.96. The number of ether oxygens (including phenoxy) is 1. The standard InChI is InChI=1S/C27H31F3N4O4/c1-26(2,3)38-25(36)33-15-13-20(14-16-33)23(35)34(21-7-5-4-6-8-21)17-18-9-11-19(12-10-18)22-31-32-24(37-22)27(28,29)30/h4-12,20,23,35H,13-17H2,1-3H3. The molecule has 3 aromatic rings. The third kappa shape index (κ3) is 6.83. The first-order valence-corrected chi connectivity index (χ1v) is 12.4. The van der Waals surface area contributed by atoms with Gasteiger partial charge in [-0.3, -0.25) is 0 Å². The van der Waals surface area contributed by atoms with Crippen molar-refractivity contribution in [1.29, 1.82) is 0 Å². The molecule has 1 saturated heterocycles. The van der Waals surface area contributed by atoms with Crippen LogP contribution in [0, 0.1) is 5.92 Å². The average Bonchev–Trinajstić information content (AvgIpc) is 3.38. The van der Waals surface area contributed by atoms with Crippen LogP contribution in [0.2, 0.25) is 0 Å². The van der Waals surface area contributed by atoms with Crippen LogP contribution in [-0.4, -0.2) is 51.2 Å². The monoisotopic (exact) mass is 532 g/mol. The van der Waals surface area contributed by atoms with Crippen molar-refractivity contribution in [3.63, 3.8) is 0 Å². The number of amides is 1. The maximum atomic E-state index is 12.8. The van der Waals surface area contributed by atoms with Crippen LogP contribution < -0.4 is 4.90 Å². The highest BCUT2D eigenvalue weighted by atomic mass is 19.4. The number of likely N-dealkylation sites (tertiary alicyclic amines) is 1. The van der Waals surface area contributed by atoms with Gasteiger partial charge in [-0.25, -0.2) is 4.79 Å². The van der Waals surface area contributed by atoms with Crippen molar-refractivity contribution in [2.75, 3.05) is 18.0 Å². The Morgan fingerprint density at radius 1 is 1.08 bits per heavy atom. The molecule has 2 aromatic carbocycles. The van der Waals surface area contributed by atoms with E-state index in [-0.39, 0.29) is 17.9 Å². The summed E-state index contributed by atoms with van der Waals surface area (Å²) in [5.41, 5.74) is 1.44. The van der Waals surface area contributed by atoms with Crippen LogP contribution in [0.5, 0.6) is 0 Å². The third-order valence-corrected chi connectivity index (χ3v) is 6.24. The predicted octanol–water partition coefficient (Wildman–Crippen LogP) is 5.73. The smallest absolute Gasteiger partial charge is 0.444 e. The number of aromatic nitrogens is 2. The molecule has 1 N–H and O–H groups in total. The summed E-state index contributed by atoms with van der Waals surface area (Å²) >= 11 is 0. The Morgan fingerprint density at radius 2 is 1.71 bits per heavy atom. The molecule has 38 heavy (non-hydrogen) atoms. The topological polar surface area (TPSA) is 91.9 Å². The molecule has 11 heteroatoms. The molecule has 0 spiro atoms. The Bertz CT molecular complexity index is 1200. The van der Waals surface area contributed by atoms with E-state index < -0.39 is 23.9 Å². The summed E-state index contributed by atoms with van der Waals surface area (Å²) in [6.07, 6.45) is -4.65. The van der Waals surface area contributed by atoms with Gasteiger partial charge in [-0.05, 0) is 63.4 Å². The maximum absolute atomic E-state index is 12.8. The second-order valence-corrected chi connectivity index (χ2v) is 10.3. The Labute approximate surface area is 219 Å². The van der Waals surface area contributed by atoms with Crippen LogP contribution in [0.15, 0.2) is 59.0 Å². The molecule has 1 aromatic heterocycles. The number of piperidine rings is 1. The van der Waals surface area contributed by atoms with E-state index in [1.165, 1.54) is 0 Å². The number of rotatable bonds is 6. The van der Waals surface area contributed by atoms with Gasteiger partial charge in [0.15, 0.2) is 0 Å². The van der Waals surface area contributed by atoms with Crippen LogP contribution in [0.3, 0.4) is 0 Å². The first-order chi connectivity index (χ1) is 17.9. The summed E-state index contributed by atoms with van der Waals surface area (Å²) in [7, 11) is 0. The normalized spacial score (nSPS) is 15.8. The molecule has 1 aliphatic heterocycles. The second kappa shape index (κ2) is 11.0. The molecular weight excluding hydrogens is 501 g/mol. The maximum Gasteiger partial charge on any atom is 0.470 e. The number of para-hydroxylation sites is 1. The lowest BCUT2D eigenvalue weighted by Gasteiger charge is -2.40. The Hall–Kier alpha value is -3.60. The van der Waals surface area contributed by atoms with Gasteiger partial charge >= 0.3 is 18.2 Å². The molecule has 1 amide bonds. The van der Waals surface area contributed by atoms with E-state index >= 15 is 0 Å². The number of carbonyl (C=O) groups is 1. The van der Waals surface area contributed by atoms with E-state index in [2.05, 4.69) is 10.2 Å². The van der Waals surface area contributed by atoms with Gasteiger partial charge in [0.05, 0.1) is 0 Å². The van der Waals surface area contributed by atoms with Crippen molar-refractivity contribution < 1.29 is 32.2 Å². The van der Waals surface area contributed by atoms with Crippen molar-refractivity contribution in [1.82, 2.24) is 15.1 Å². The fourth-order valence-electron chi connectivity index (χ4n) is 4.32. The number of halogens is 3. The number of aliphatic hydroxyl groups is 1. The number of alkyl halides is 3. The number of nitrogens with zero attached hydrogens (tertiary/aromatic N) is 4. The highest BCUT2D eigenvalue weighted by Gasteiger charge is 2.38. The van der Waals surface area contributed by atoms with Crippen molar-refractivity contribution in [3.8, 4) is 11.5 Å². The number of anilines is 1. The van der Waals surface area contributed by atoms with E-state index in [9.17, 15) is 23.1 Å². The number of hydrogen-bond donors (Lipinski definition) is 1. The van der Waals surface area contributed by atoms with Crippen LogP contribution in [0.25, 0.3) is 11.5 Å². The summed E-state index contributed by atoms with van der Waals surface area (Å²) in [5, 5.41) is 18.0. The fraction of sp³-hybridized carbons (Fsp3) is 0.444. The molecule has 0 bridgehead atoms. The first kappa shape index (κ1) is 27.4. The van der Waals surface area contributed by atoms with Gasteiger partial charge in [0.2, 0.25) is 5.89 Å². The van der Waals surface area contributed by atoms with Crippen LogP contribution >= 0.6 is 0 Å². The Balaban J connectivity index is 1.46. The SMILES string of the molecule is CC(C)(C)OC(=O)N1CCC(C(O)N(Cc2ccc(-c3nnc(C(F)(F)F)o3)cc2)c2ccccc2)CC1. The van der Waals surface area contributed by atoms with Gasteiger partial charge in [-0.1, -0.05) is 30.3 Å². The van der Waals surface area contributed by atoms with Crippen LogP contribution in [0.4, 0.5) is 23.7 Å². The minimum atomic E-state index is -4.71. The summed E-state index contributed by atoms with van der Waals surface area (Å²) < 4.78 is 48.6. The molecule has 0 aliphatic carbocycles. The lowest BCUT2D eigenvalue weighted by molar-refractivity contribution is -0.156. The van der Waals surface area contributed by atoms with Gasteiger partial charge < -0.3 is 24.1 Å². The van der Waals surface area contributed by atoms with E-state index in [4.69, 9.17) is 9.15 Å². The van der Waals surface area contributed by atoms with E-state index in [0.717, 1.165) is 11.3 Å². The number of aliphatic hydroxyl groups excluding tert-OH is 1. The van der Waals surface area contributed by atoms with Gasteiger partial charge in [-0.15, -0.1) is 10.2 Å². The van der Waals surface area contributed by atoms with Crippen LogP contribution in [-0.2, 0) is 17.5 Å². The zero-order chi connectivity index (χ0) is 27.5. The highest BCUT2D eigenvalue weighted by Crippen LogP contribution is 2.32. The molecule has 1 aliphatic rings. The van der Waals surface area contributed by atoms with Crippen molar-refractivity contribution in [2.45, 2.75) is 58.2 Å². The second-order valence-electron chi connectivity index (χ2n) is 10.3. The summed E-state index contributed by atoms with van der Waals surface area (Å²) in [6, 6.07) is 16.2. The lowest BCUT2D eigenvalue weighted by atomic mass is 9.93. The molecule has 0 saturated carbocycles. The molecule has 0 radical (unpaired) electrons. The molecule has 204 valence electrons. The van der Waals surface area contributed by atoms with Crippen molar-refractivity contribution in [2.24, 2.45) is 5.92 Å². The highest BCUT2D eigenvalue weighted by molar-refractivity contribution is 5.68. The van der Waals surface area contributed by atoms with E-state index in [1.54, 1.807) is 29.2 Å². The predicted molar refractivity (Wildman–Crippen MR) is 134 cm³/mol. The fourth-order valence-corrected chi connectivity index (χ4v) is 4.32. The Morgan fingerprint density at radius 3 is 2.26 bits per heavy atom. The zero-order valence-electron chi connectivity index (χ0n) is 21.5. The average molecular weight is 533 g/mol. The number of hydrogen-bond acceptors (Lipinski definition) is 7. The molecular formula is C27H31F3N4O4. The number of benzene rings is 2. The molecule has 1 atom stereocenters. The minimum Gasteiger partial charge on any atom is -0.444 e. The van der Waals surface area contributed by atoms with E-state index in [0.29, 0.717) is 38.0 Å². The van der Waals surface area contributed by atoms with E-state index in [1.807, 2.05) is 56.0 Å². The minimum absolute atomic E-state index is 0.0765. The molecule has 2 heterocycles. The summed E-state index contributed by atoms with van der Waals surface area (Å²) in [4.78, 5) is 16.0. The first-order valence-electron chi connectivity index (χ1n) is 12.4. The molecule has 1 fully saturated rings. The summed E-state index contributed by atoms with van der Waals surface area (Å²) in [5.74, 6) is -1.69. The van der Waals surface area contributed by atoms with Crippen molar-refractivity contribution >= 4 is 11.8 Å². The van der Waals surface area contributed by atoms with Crippen molar-refractivity contribution in [3.05, 3.63) is 66.1 Å². The van der Waals surface area contributed by atoms with Gasteiger partial charge in [0.1, 0.15) is 11.8 Å². The number of carbonyl (C=O) groups excluding carboxylic acids is 1. The zero-order valence-corrected chi connectivity index (χ0v) is 21.5. The molecule has 8 nitrogen and oxygen atoms in total. The van der Waals surface area contributed by atoms with Gasteiger partial charge in [0, 0.05) is 36.8 Å². The quantitative estimate of drug-likeness (QED) is 0.406.